The zero-order chi connectivity index (χ0) is 13.2. The fourth-order valence-electron chi connectivity index (χ4n) is 2.30. The van der Waals surface area contributed by atoms with E-state index in [0.29, 0.717) is 24.4 Å². The van der Waals surface area contributed by atoms with Gasteiger partial charge in [0.15, 0.2) is 5.69 Å². The first-order valence-electron chi connectivity index (χ1n) is 6.21. The average molecular weight is 258 g/mol. The summed E-state index contributed by atoms with van der Waals surface area (Å²) in [4.78, 5) is 17.7. The van der Waals surface area contributed by atoms with Gasteiger partial charge >= 0.3 is 5.97 Å². The molecule has 0 aliphatic carbocycles. The summed E-state index contributed by atoms with van der Waals surface area (Å²) in [5.41, 5.74) is 0.111. The molecule has 0 radical (unpaired) electrons. The van der Waals surface area contributed by atoms with Gasteiger partial charge in [0.25, 0.3) is 0 Å². The Morgan fingerprint density at radius 3 is 2.74 bits per heavy atom. The number of aromatic carboxylic acids is 1. The molecule has 0 spiro atoms. The van der Waals surface area contributed by atoms with Gasteiger partial charge in [0.05, 0.1) is 13.2 Å². The Kier molecular flexibility index (Phi) is 3.05. The second-order valence-electron chi connectivity index (χ2n) is 4.45. The molecule has 0 bridgehead atoms. The second kappa shape index (κ2) is 4.85. The van der Waals surface area contributed by atoms with Gasteiger partial charge < -0.3 is 14.7 Å². The summed E-state index contributed by atoms with van der Waals surface area (Å²) in [5, 5.41) is 10.9. The largest absolute Gasteiger partial charge is 0.476 e. The number of ether oxygens (including phenoxy) is 1. The molecule has 1 N–H and O–H groups in total. The van der Waals surface area contributed by atoms with Crippen LogP contribution in [0.25, 0.3) is 10.8 Å². The van der Waals surface area contributed by atoms with Crippen LogP contribution in [0, 0.1) is 0 Å². The predicted molar refractivity (Wildman–Crippen MR) is 71.7 cm³/mol. The van der Waals surface area contributed by atoms with Gasteiger partial charge in [-0.3, -0.25) is 0 Å². The number of benzene rings is 1. The lowest BCUT2D eigenvalue weighted by Crippen LogP contribution is -2.37. The van der Waals surface area contributed by atoms with Crippen LogP contribution >= 0.6 is 0 Å². The van der Waals surface area contributed by atoms with Crippen molar-refractivity contribution < 1.29 is 14.6 Å². The SMILES string of the molecule is O=C(O)c1nc(N2CCOCC2)cc2ccccc12. The Morgan fingerprint density at radius 2 is 2.00 bits per heavy atom. The van der Waals surface area contributed by atoms with Gasteiger partial charge in [-0.05, 0) is 11.5 Å². The first-order chi connectivity index (χ1) is 9.25. The minimum Gasteiger partial charge on any atom is -0.476 e. The molecule has 0 amide bonds. The lowest BCUT2D eigenvalue weighted by Gasteiger charge is -2.28. The number of carbonyl (C=O) groups is 1. The van der Waals surface area contributed by atoms with Gasteiger partial charge in [0.2, 0.25) is 0 Å². The molecule has 0 saturated carbocycles. The Bertz CT molecular complexity index is 621. The van der Waals surface area contributed by atoms with Crippen LogP contribution < -0.4 is 4.90 Å². The van der Waals surface area contributed by atoms with Gasteiger partial charge in [-0.25, -0.2) is 9.78 Å². The van der Waals surface area contributed by atoms with Crippen molar-refractivity contribution in [2.75, 3.05) is 31.2 Å². The van der Waals surface area contributed by atoms with E-state index in [1.165, 1.54) is 0 Å². The number of pyridine rings is 1. The number of rotatable bonds is 2. The van der Waals surface area contributed by atoms with Crippen molar-refractivity contribution in [1.29, 1.82) is 0 Å². The molecule has 1 saturated heterocycles. The third-order valence-electron chi connectivity index (χ3n) is 3.26. The molecule has 1 aliphatic heterocycles. The molecule has 0 unspecified atom stereocenters. The molecule has 1 aliphatic rings. The summed E-state index contributed by atoms with van der Waals surface area (Å²) in [5.74, 6) is -0.286. The first-order valence-corrected chi connectivity index (χ1v) is 6.21. The van der Waals surface area contributed by atoms with Crippen molar-refractivity contribution in [3.8, 4) is 0 Å². The molecule has 2 aromatic rings. The molecule has 19 heavy (non-hydrogen) atoms. The molecule has 5 nitrogen and oxygen atoms in total. The highest BCUT2D eigenvalue weighted by Crippen LogP contribution is 2.23. The number of nitrogens with zero attached hydrogens (tertiary/aromatic N) is 2. The zero-order valence-electron chi connectivity index (χ0n) is 10.4. The van der Waals surface area contributed by atoms with E-state index in [4.69, 9.17) is 4.74 Å². The number of aromatic nitrogens is 1. The highest BCUT2D eigenvalue weighted by molar-refractivity contribution is 6.02. The van der Waals surface area contributed by atoms with Crippen molar-refractivity contribution in [2.45, 2.75) is 0 Å². The van der Waals surface area contributed by atoms with Crippen LogP contribution in [0.2, 0.25) is 0 Å². The highest BCUT2D eigenvalue weighted by Gasteiger charge is 2.17. The third-order valence-corrected chi connectivity index (χ3v) is 3.26. The lowest BCUT2D eigenvalue weighted by atomic mass is 10.1. The minimum atomic E-state index is -0.994. The maximum Gasteiger partial charge on any atom is 0.355 e. The summed E-state index contributed by atoms with van der Waals surface area (Å²) >= 11 is 0. The minimum absolute atomic E-state index is 0.111. The number of fused-ring (bicyclic) bond motifs is 1. The quantitative estimate of drug-likeness (QED) is 0.889. The van der Waals surface area contributed by atoms with Crippen LogP contribution in [0.15, 0.2) is 30.3 Å². The monoisotopic (exact) mass is 258 g/mol. The third kappa shape index (κ3) is 2.24. The number of carboxylic acids is 1. The van der Waals surface area contributed by atoms with Crippen LogP contribution in [0.3, 0.4) is 0 Å². The first kappa shape index (κ1) is 11.9. The van der Waals surface area contributed by atoms with E-state index in [0.717, 1.165) is 18.5 Å². The number of hydrogen-bond acceptors (Lipinski definition) is 4. The van der Waals surface area contributed by atoms with Crippen molar-refractivity contribution in [2.24, 2.45) is 0 Å². The van der Waals surface area contributed by atoms with E-state index in [1.807, 2.05) is 24.3 Å². The molecule has 5 heteroatoms. The summed E-state index contributed by atoms with van der Waals surface area (Å²) in [7, 11) is 0. The fraction of sp³-hybridized carbons (Fsp3) is 0.286. The number of carboxylic acid groups (broad SMARTS) is 1. The number of morpholine rings is 1. The molecule has 3 rings (SSSR count). The van der Waals surface area contributed by atoms with Crippen molar-refractivity contribution in [3.63, 3.8) is 0 Å². The fourth-order valence-corrected chi connectivity index (χ4v) is 2.30. The van der Waals surface area contributed by atoms with Crippen molar-refractivity contribution in [1.82, 2.24) is 4.98 Å². The van der Waals surface area contributed by atoms with Crippen LogP contribution in [-0.2, 0) is 4.74 Å². The Morgan fingerprint density at radius 1 is 1.26 bits per heavy atom. The van der Waals surface area contributed by atoms with Gasteiger partial charge in [-0.2, -0.15) is 0 Å². The predicted octanol–water partition coefficient (Wildman–Crippen LogP) is 1.77. The van der Waals surface area contributed by atoms with E-state index in [2.05, 4.69) is 9.88 Å². The molecule has 1 aromatic heterocycles. The zero-order valence-corrected chi connectivity index (χ0v) is 10.4. The molecule has 2 heterocycles. The van der Waals surface area contributed by atoms with E-state index in [-0.39, 0.29) is 5.69 Å². The van der Waals surface area contributed by atoms with Crippen molar-refractivity contribution in [3.05, 3.63) is 36.0 Å². The van der Waals surface area contributed by atoms with E-state index >= 15 is 0 Å². The number of anilines is 1. The van der Waals surface area contributed by atoms with Gasteiger partial charge in [0.1, 0.15) is 5.82 Å². The van der Waals surface area contributed by atoms with Crippen molar-refractivity contribution >= 4 is 22.6 Å². The Hall–Kier alpha value is -2.14. The smallest absolute Gasteiger partial charge is 0.355 e. The van der Waals surface area contributed by atoms with E-state index in [1.54, 1.807) is 6.07 Å². The van der Waals surface area contributed by atoms with Crippen LogP contribution in [0.4, 0.5) is 5.82 Å². The maximum atomic E-state index is 11.3. The summed E-state index contributed by atoms with van der Waals surface area (Å²) in [6.07, 6.45) is 0. The van der Waals surface area contributed by atoms with Crippen LogP contribution in [-0.4, -0.2) is 42.4 Å². The second-order valence-corrected chi connectivity index (χ2v) is 4.45. The topological polar surface area (TPSA) is 62.7 Å². The van der Waals surface area contributed by atoms with Crippen LogP contribution in [0.5, 0.6) is 0 Å². The van der Waals surface area contributed by atoms with Gasteiger partial charge in [0, 0.05) is 18.5 Å². The molecular formula is C14H14N2O3. The molecular weight excluding hydrogens is 244 g/mol. The molecule has 1 aromatic carbocycles. The number of hydrogen-bond donors (Lipinski definition) is 1. The standard InChI is InChI=1S/C14H14N2O3/c17-14(18)13-11-4-2-1-3-10(11)9-12(15-13)16-5-7-19-8-6-16/h1-4,9H,5-8H2,(H,17,18). The average Bonchev–Trinajstić information content (AvgIpc) is 2.47. The Labute approximate surface area is 110 Å². The normalized spacial score (nSPS) is 15.7. The van der Waals surface area contributed by atoms with Gasteiger partial charge in [-0.15, -0.1) is 0 Å². The van der Waals surface area contributed by atoms with Gasteiger partial charge in [-0.1, -0.05) is 24.3 Å². The van der Waals surface area contributed by atoms with Crippen LogP contribution in [0.1, 0.15) is 10.5 Å². The molecule has 98 valence electrons. The maximum absolute atomic E-state index is 11.3. The highest BCUT2D eigenvalue weighted by atomic mass is 16.5. The summed E-state index contributed by atoms with van der Waals surface area (Å²) in [6, 6.07) is 9.36. The molecule has 0 atom stereocenters. The summed E-state index contributed by atoms with van der Waals surface area (Å²) < 4.78 is 5.30. The lowest BCUT2D eigenvalue weighted by molar-refractivity contribution is 0.0693. The van der Waals surface area contributed by atoms with E-state index in [9.17, 15) is 9.90 Å². The molecule has 1 fully saturated rings. The Balaban J connectivity index is 2.12. The van der Waals surface area contributed by atoms with E-state index < -0.39 is 5.97 Å². The summed E-state index contributed by atoms with van der Waals surface area (Å²) in [6.45, 7) is 2.78.